The van der Waals surface area contributed by atoms with Gasteiger partial charge in [-0.3, -0.25) is 14.5 Å². The molecule has 0 radical (unpaired) electrons. The zero-order valence-corrected chi connectivity index (χ0v) is 26.4. The summed E-state index contributed by atoms with van der Waals surface area (Å²) in [5, 5.41) is 12.5. The zero-order chi connectivity index (χ0) is 32.3. The van der Waals surface area contributed by atoms with Crippen molar-refractivity contribution in [1.29, 1.82) is 5.26 Å². The molecule has 6 aromatic rings. The standard InChI is InChI=1S/C36H35N11/c1-23(2)25-7-10-29(41-21-25)30-11-12-31-36(43-30)47(35(44-31)28-4-3-16-40-34(28)38)27-8-5-24(6-9-27)22-46-18-14-26(15-19-46)42-32-13-17-39-33(20-37)45-32/h3-13,16-17,21,23,26H,14-15,18-19,22H2,1-2H3,(H2,38,40)(H,39,42,45). The molecule has 0 unspecified atom stereocenters. The molecule has 11 nitrogen and oxygen atoms in total. The van der Waals surface area contributed by atoms with Gasteiger partial charge in [-0.05, 0) is 78.4 Å². The van der Waals surface area contributed by atoms with Gasteiger partial charge in [0.1, 0.15) is 23.2 Å². The number of aromatic nitrogens is 7. The minimum Gasteiger partial charge on any atom is -0.383 e. The number of anilines is 2. The van der Waals surface area contributed by atoms with Crippen LogP contribution in [0.15, 0.2) is 85.3 Å². The molecule has 1 saturated heterocycles. The van der Waals surface area contributed by atoms with Gasteiger partial charge in [-0.2, -0.15) is 5.26 Å². The summed E-state index contributed by atoms with van der Waals surface area (Å²) in [4.78, 5) is 29.8. The third-order valence-corrected chi connectivity index (χ3v) is 8.60. The number of likely N-dealkylation sites (tertiary alicyclic amines) is 1. The highest BCUT2D eigenvalue weighted by atomic mass is 15.2. The lowest BCUT2D eigenvalue weighted by Crippen LogP contribution is -2.38. The highest BCUT2D eigenvalue weighted by molar-refractivity contribution is 5.84. The van der Waals surface area contributed by atoms with Gasteiger partial charge in [0.15, 0.2) is 11.5 Å². The van der Waals surface area contributed by atoms with E-state index in [9.17, 15) is 0 Å². The lowest BCUT2D eigenvalue weighted by Gasteiger charge is -2.32. The van der Waals surface area contributed by atoms with Gasteiger partial charge in [-0.1, -0.05) is 32.0 Å². The van der Waals surface area contributed by atoms with Crippen molar-refractivity contribution < 1.29 is 0 Å². The molecule has 1 aliphatic rings. The molecule has 7 rings (SSSR count). The van der Waals surface area contributed by atoms with E-state index in [-0.39, 0.29) is 5.82 Å². The molecule has 1 aromatic carbocycles. The Morgan fingerprint density at radius 2 is 1.70 bits per heavy atom. The van der Waals surface area contributed by atoms with Crippen LogP contribution in [-0.4, -0.2) is 58.5 Å². The molecule has 0 amide bonds. The van der Waals surface area contributed by atoms with E-state index in [1.165, 1.54) is 11.1 Å². The van der Waals surface area contributed by atoms with Crippen molar-refractivity contribution in [3.63, 3.8) is 0 Å². The van der Waals surface area contributed by atoms with Crippen LogP contribution in [-0.2, 0) is 6.54 Å². The highest BCUT2D eigenvalue weighted by Crippen LogP contribution is 2.32. The number of nitrogen functional groups attached to an aromatic ring is 1. The van der Waals surface area contributed by atoms with Gasteiger partial charge in [0.05, 0.1) is 17.0 Å². The molecule has 1 aliphatic heterocycles. The molecule has 234 valence electrons. The summed E-state index contributed by atoms with van der Waals surface area (Å²) in [5.41, 5.74) is 13.5. The van der Waals surface area contributed by atoms with Crippen molar-refractivity contribution in [2.24, 2.45) is 0 Å². The first-order valence-corrected chi connectivity index (χ1v) is 15.8. The van der Waals surface area contributed by atoms with Crippen molar-refractivity contribution in [3.8, 4) is 34.5 Å². The molecule has 1 fully saturated rings. The number of piperidine rings is 1. The Labute approximate surface area is 273 Å². The molecule has 6 heterocycles. The summed E-state index contributed by atoms with van der Waals surface area (Å²) in [6.45, 7) is 7.10. The second kappa shape index (κ2) is 12.9. The molecule has 47 heavy (non-hydrogen) atoms. The number of imidazole rings is 1. The summed E-state index contributed by atoms with van der Waals surface area (Å²) in [7, 11) is 0. The van der Waals surface area contributed by atoms with E-state index in [1.807, 2.05) is 48.7 Å². The SMILES string of the molecule is CC(C)c1ccc(-c2ccc3nc(-c4cccnc4N)n(-c4ccc(CN5CCC(Nc6ccnc(C#N)n6)CC5)cc4)c3n2)nc1. The van der Waals surface area contributed by atoms with Gasteiger partial charge < -0.3 is 11.1 Å². The summed E-state index contributed by atoms with van der Waals surface area (Å²) < 4.78 is 2.06. The number of nitrogens with two attached hydrogens (primary N) is 1. The summed E-state index contributed by atoms with van der Waals surface area (Å²) >= 11 is 0. The number of rotatable bonds is 8. The fourth-order valence-corrected chi connectivity index (χ4v) is 5.98. The predicted molar refractivity (Wildman–Crippen MR) is 182 cm³/mol. The molecule has 3 N–H and O–H groups in total. The quantitative estimate of drug-likeness (QED) is 0.208. The van der Waals surface area contributed by atoms with Crippen molar-refractivity contribution in [2.45, 2.75) is 45.2 Å². The Morgan fingerprint density at radius 1 is 0.894 bits per heavy atom. The van der Waals surface area contributed by atoms with Crippen LogP contribution in [0.4, 0.5) is 11.6 Å². The van der Waals surface area contributed by atoms with E-state index in [0.717, 1.165) is 66.3 Å². The van der Waals surface area contributed by atoms with Crippen molar-refractivity contribution in [2.75, 3.05) is 24.1 Å². The Morgan fingerprint density at radius 3 is 2.43 bits per heavy atom. The van der Waals surface area contributed by atoms with Crippen molar-refractivity contribution in [3.05, 3.63) is 102 Å². The number of nitrogens with zero attached hydrogens (tertiary/aromatic N) is 9. The molecule has 0 aliphatic carbocycles. The molecule has 11 heteroatoms. The highest BCUT2D eigenvalue weighted by Gasteiger charge is 2.21. The first-order valence-electron chi connectivity index (χ1n) is 15.8. The van der Waals surface area contributed by atoms with Gasteiger partial charge in [-0.15, -0.1) is 0 Å². The molecular formula is C36H35N11. The smallest absolute Gasteiger partial charge is 0.234 e. The van der Waals surface area contributed by atoms with Gasteiger partial charge in [0.25, 0.3) is 0 Å². The van der Waals surface area contributed by atoms with Gasteiger partial charge >= 0.3 is 0 Å². The fraction of sp³-hybridized carbons (Fsp3) is 0.250. The van der Waals surface area contributed by atoms with Gasteiger partial charge in [0.2, 0.25) is 5.82 Å². The molecule has 0 bridgehead atoms. The Bertz CT molecular complexity index is 2050. The average molecular weight is 622 g/mol. The van der Waals surface area contributed by atoms with E-state index in [0.29, 0.717) is 29.4 Å². The lowest BCUT2D eigenvalue weighted by molar-refractivity contribution is 0.211. The average Bonchev–Trinajstić information content (AvgIpc) is 3.48. The van der Waals surface area contributed by atoms with Gasteiger partial charge in [-0.25, -0.2) is 24.9 Å². The van der Waals surface area contributed by atoms with E-state index in [1.54, 1.807) is 12.4 Å². The van der Waals surface area contributed by atoms with Crippen LogP contribution < -0.4 is 11.1 Å². The van der Waals surface area contributed by atoms with Crippen LogP contribution in [0.25, 0.3) is 39.6 Å². The van der Waals surface area contributed by atoms with Crippen molar-refractivity contribution in [1.82, 2.24) is 39.4 Å². The maximum absolute atomic E-state index is 9.09. The number of nitrogens with one attached hydrogen (secondary N) is 1. The Kier molecular flexibility index (Phi) is 8.25. The largest absolute Gasteiger partial charge is 0.383 e. The van der Waals surface area contributed by atoms with E-state index in [2.05, 4.69) is 73.9 Å². The molecule has 0 atom stereocenters. The van der Waals surface area contributed by atoms with Crippen LogP contribution in [0, 0.1) is 11.3 Å². The third-order valence-electron chi connectivity index (χ3n) is 8.60. The lowest BCUT2D eigenvalue weighted by atomic mass is 10.0. The molecular weight excluding hydrogens is 586 g/mol. The third kappa shape index (κ3) is 6.36. The predicted octanol–water partition coefficient (Wildman–Crippen LogP) is 5.99. The number of hydrogen-bond donors (Lipinski definition) is 2. The topological polar surface area (TPSA) is 147 Å². The normalized spacial score (nSPS) is 14.0. The van der Waals surface area contributed by atoms with Crippen LogP contribution in [0.5, 0.6) is 0 Å². The fourth-order valence-electron chi connectivity index (χ4n) is 5.98. The number of nitriles is 1. The maximum atomic E-state index is 9.09. The van der Waals surface area contributed by atoms with Gasteiger partial charge in [0, 0.05) is 50.0 Å². The minimum atomic E-state index is 0.181. The second-order valence-electron chi connectivity index (χ2n) is 12.1. The van der Waals surface area contributed by atoms with E-state index < -0.39 is 0 Å². The van der Waals surface area contributed by atoms with Crippen molar-refractivity contribution >= 4 is 22.8 Å². The number of pyridine rings is 3. The number of fused-ring (bicyclic) bond motifs is 1. The summed E-state index contributed by atoms with van der Waals surface area (Å²) in [5.74, 6) is 2.39. The number of hydrogen-bond acceptors (Lipinski definition) is 10. The summed E-state index contributed by atoms with van der Waals surface area (Å²) in [6.07, 6.45) is 7.20. The zero-order valence-electron chi connectivity index (χ0n) is 26.4. The van der Waals surface area contributed by atoms with Crippen LogP contribution in [0.1, 0.15) is 49.6 Å². The maximum Gasteiger partial charge on any atom is 0.234 e. The van der Waals surface area contributed by atoms with Crippen LogP contribution in [0.2, 0.25) is 0 Å². The number of benzene rings is 1. The van der Waals surface area contributed by atoms with Crippen LogP contribution >= 0.6 is 0 Å². The monoisotopic (exact) mass is 621 g/mol. The molecule has 5 aromatic heterocycles. The molecule has 0 saturated carbocycles. The minimum absolute atomic E-state index is 0.181. The van der Waals surface area contributed by atoms with Crippen LogP contribution in [0.3, 0.4) is 0 Å². The first-order chi connectivity index (χ1) is 22.9. The Balaban J connectivity index is 1.13. The second-order valence-corrected chi connectivity index (χ2v) is 12.1. The Hall–Kier alpha value is -5.73. The molecule has 0 spiro atoms. The van der Waals surface area contributed by atoms with E-state index >= 15 is 0 Å². The van der Waals surface area contributed by atoms with E-state index in [4.69, 9.17) is 25.9 Å². The summed E-state index contributed by atoms with van der Waals surface area (Å²) in [6, 6.07) is 24.6. The first kappa shape index (κ1) is 30.0.